The van der Waals surface area contributed by atoms with Gasteiger partial charge in [-0.3, -0.25) is 9.59 Å². The molecule has 1 saturated heterocycles. The van der Waals surface area contributed by atoms with E-state index >= 15 is 0 Å². The molecule has 0 bridgehead atoms. The molecule has 2 aliphatic rings. The summed E-state index contributed by atoms with van der Waals surface area (Å²) in [6.45, 7) is 4.50. The van der Waals surface area contributed by atoms with E-state index in [1.54, 1.807) is 11.8 Å². The van der Waals surface area contributed by atoms with Gasteiger partial charge in [-0.1, -0.05) is 6.92 Å². The first kappa shape index (κ1) is 10.5. The van der Waals surface area contributed by atoms with Gasteiger partial charge in [0.05, 0.1) is 0 Å². The predicted molar refractivity (Wildman–Crippen MR) is 56.1 cm³/mol. The molecule has 0 aromatic carbocycles. The summed E-state index contributed by atoms with van der Waals surface area (Å²) in [5.41, 5.74) is 0. The number of hydrogen-bond donors (Lipinski definition) is 1. The van der Waals surface area contributed by atoms with Crippen LogP contribution in [0, 0.1) is 5.92 Å². The standard InChI is InChI=1S/C11H18N2O2/c1-3-6-13-9(8-4-5-8)10(14)12-7(2)11(13)15/h7-9H,3-6H2,1-2H3,(H,12,14). The zero-order chi connectivity index (χ0) is 11.0. The van der Waals surface area contributed by atoms with Crippen molar-refractivity contribution in [1.82, 2.24) is 10.2 Å². The van der Waals surface area contributed by atoms with Gasteiger partial charge in [0.15, 0.2) is 0 Å². The van der Waals surface area contributed by atoms with Crippen LogP contribution in [0.15, 0.2) is 0 Å². The van der Waals surface area contributed by atoms with Gasteiger partial charge in [-0.15, -0.1) is 0 Å². The summed E-state index contributed by atoms with van der Waals surface area (Å²) in [5.74, 6) is 0.527. The zero-order valence-electron chi connectivity index (χ0n) is 9.32. The van der Waals surface area contributed by atoms with Crippen LogP contribution < -0.4 is 5.32 Å². The summed E-state index contributed by atoms with van der Waals surface area (Å²) >= 11 is 0. The minimum absolute atomic E-state index is 0.0399. The molecular weight excluding hydrogens is 192 g/mol. The van der Waals surface area contributed by atoms with Crippen molar-refractivity contribution in [3.63, 3.8) is 0 Å². The van der Waals surface area contributed by atoms with Gasteiger partial charge < -0.3 is 10.2 Å². The van der Waals surface area contributed by atoms with Crippen LogP contribution in [0.4, 0.5) is 0 Å². The van der Waals surface area contributed by atoms with Crippen molar-refractivity contribution >= 4 is 11.8 Å². The molecule has 0 radical (unpaired) electrons. The van der Waals surface area contributed by atoms with Crippen molar-refractivity contribution in [2.45, 2.75) is 45.2 Å². The lowest BCUT2D eigenvalue weighted by molar-refractivity contribution is -0.149. The lowest BCUT2D eigenvalue weighted by Crippen LogP contribution is -2.63. The van der Waals surface area contributed by atoms with Crippen molar-refractivity contribution < 1.29 is 9.59 Å². The van der Waals surface area contributed by atoms with E-state index in [9.17, 15) is 9.59 Å². The SMILES string of the molecule is CCCN1C(=O)C(C)NC(=O)C1C1CC1. The Bertz CT molecular complexity index is 286. The first-order valence-electron chi connectivity index (χ1n) is 5.76. The fourth-order valence-electron chi connectivity index (χ4n) is 2.26. The minimum atomic E-state index is -0.348. The fraction of sp³-hybridized carbons (Fsp3) is 0.818. The highest BCUT2D eigenvalue weighted by Gasteiger charge is 2.46. The van der Waals surface area contributed by atoms with Crippen molar-refractivity contribution in [3.05, 3.63) is 0 Å². The molecule has 4 heteroatoms. The van der Waals surface area contributed by atoms with Gasteiger partial charge >= 0.3 is 0 Å². The highest BCUT2D eigenvalue weighted by atomic mass is 16.2. The van der Waals surface area contributed by atoms with Gasteiger partial charge in [-0.05, 0) is 32.1 Å². The summed E-state index contributed by atoms with van der Waals surface area (Å²) in [7, 11) is 0. The Labute approximate surface area is 90.0 Å². The third-order valence-electron chi connectivity index (χ3n) is 3.15. The van der Waals surface area contributed by atoms with Crippen LogP contribution >= 0.6 is 0 Å². The summed E-state index contributed by atoms with van der Waals surface area (Å²) in [4.78, 5) is 25.5. The lowest BCUT2D eigenvalue weighted by atomic mass is 10.0. The molecule has 1 aliphatic heterocycles. The molecule has 0 aromatic rings. The number of carbonyl (C=O) groups is 2. The minimum Gasteiger partial charge on any atom is -0.343 e. The fourth-order valence-corrected chi connectivity index (χ4v) is 2.26. The number of carbonyl (C=O) groups excluding carboxylic acids is 2. The van der Waals surface area contributed by atoms with Gasteiger partial charge in [-0.25, -0.2) is 0 Å². The maximum absolute atomic E-state index is 11.9. The monoisotopic (exact) mass is 210 g/mol. The molecule has 15 heavy (non-hydrogen) atoms. The molecule has 1 saturated carbocycles. The van der Waals surface area contributed by atoms with E-state index in [4.69, 9.17) is 0 Å². The summed E-state index contributed by atoms with van der Waals surface area (Å²) < 4.78 is 0. The van der Waals surface area contributed by atoms with Crippen LogP contribution in [0.5, 0.6) is 0 Å². The first-order valence-corrected chi connectivity index (χ1v) is 5.76. The molecule has 2 rings (SSSR count). The van der Waals surface area contributed by atoms with Crippen LogP contribution in [0.25, 0.3) is 0 Å². The van der Waals surface area contributed by atoms with Crippen LogP contribution in [0.3, 0.4) is 0 Å². The molecule has 2 atom stereocenters. The third kappa shape index (κ3) is 1.85. The van der Waals surface area contributed by atoms with Crippen LogP contribution in [0.1, 0.15) is 33.1 Å². The highest BCUT2D eigenvalue weighted by molar-refractivity contribution is 5.97. The third-order valence-corrected chi connectivity index (χ3v) is 3.15. The topological polar surface area (TPSA) is 49.4 Å². The molecule has 2 unspecified atom stereocenters. The highest BCUT2D eigenvalue weighted by Crippen LogP contribution is 2.36. The van der Waals surface area contributed by atoms with Crippen molar-refractivity contribution in [2.75, 3.05) is 6.54 Å². The molecule has 2 amide bonds. The Morgan fingerprint density at radius 2 is 2.07 bits per heavy atom. The number of hydrogen-bond acceptors (Lipinski definition) is 2. The van der Waals surface area contributed by atoms with E-state index in [1.165, 1.54) is 0 Å². The Morgan fingerprint density at radius 1 is 1.40 bits per heavy atom. The predicted octanol–water partition coefficient (Wildman–Crippen LogP) is 0.522. The smallest absolute Gasteiger partial charge is 0.245 e. The molecule has 84 valence electrons. The van der Waals surface area contributed by atoms with Gasteiger partial charge in [0.2, 0.25) is 11.8 Å². The van der Waals surface area contributed by atoms with E-state index in [2.05, 4.69) is 5.32 Å². The molecule has 0 aromatic heterocycles. The average molecular weight is 210 g/mol. The van der Waals surface area contributed by atoms with Gasteiger partial charge in [0.1, 0.15) is 12.1 Å². The van der Waals surface area contributed by atoms with Gasteiger partial charge in [0.25, 0.3) is 0 Å². The van der Waals surface area contributed by atoms with Crippen LogP contribution in [-0.2, 0) is 9.59 Å². The van der Waals surface area contributed by atoms with E-state index in [1.807, 2.05) is 6.92 Å². The van der Waals surface area contributed by atoms with Crippen LogP contribution in [-0.4, -0.2) is 35.3 Å². The van der Waals surface area contributed by atoms with Crippen molar-refractivity contribution in [1.29, 1.82) is 0 Å². The van der Waals surface area contributed by atoms with E-state index < -0.39 is 0 Å². The summed E-state index contributed by atoms with van der Waals surface area (Å²) in [6.07, 6.45) is 3.08. The summed E-state index contributed by atoms with van der Waals surface area (Å²) in [6, 6.07) is -0.535. The van der Waals surface area contributed by atoms with Crippen LogP contribution in [0.2, 0.25) is 0 Å². The lowest BCUT2D eigenvalue weighted by Gasteiger charge is -2.38. The number of rotatable bonds is 3. The maximum atomic E-state index is 11.9. The van der Waals surface area contributed by atoms with E-state index in [0.717, 1.165) is 19.3 Å². The summed E-state index contributed by atoms with van der Waals surface area (Å²) in [5, 5.41) is 2.76. The number of piperazine rings is 1. The molecule has 1 heterocycles. The Kier molecular flexibility index (Phi) is 2.67. The largest absolute Gasteiger partial charge is 0.343 e. The quantitative estimate of drug-likeness (QED) is 0.738. The van der Waals surface area contributed by atoms with Crippen molar-refractivity contribution in [3.8, 4) is 0 Å². The Hall–Kier alpha value is -1.06. The maximum Gasteiger partial charge on any atom is 0.245 e. The molecular formula is C11H18N2O2. The second-order valence-electron chi connectivity index (χ2n) is 4.54. The second kappa shape index (κ2) is 3.83. The van der Waals surface area contributed by atoms with Gasteiger partial charge in [0, 0.05) is 6.54 Å². The zero-order valence-corrected chi connectivity index (χ0v) is 9.32. The van der Waals surface area contributed by atoms with Gasteiger partial charge in [-0.2, -0.15) is 0 Å². The first-order chi connectivity index (χ1) is 7.15. The molecule has 4 nitrogen and oxygen atoms in total. The van der Waals surface area contributed by atoms with Crippen molar-refractivity contribution in [2.24, 2.45) is 5.92 Å². The molecule has 1 aliphatic carbocycles. The average Bonchev–Trinajstić information content (AvgIpc) is 2.98. The van der Waals surface area contributed by atoms with E-state index in [-0.39, 0.29) is 23.9 Å². The normalized spacial score (nSPS) is 31.7. The molecule has 2 fully saturated rings. The number of nitrogens with one attached hydrogen (secondary N) is 1. The van der Waals surface area contributed by atoms with E-state index in [0.29, 0.717) is 12.5 Å². The Balaban J connectivity index is 2.16. The number of amides is 2. The molecule has 1 N–H and O–H groups in total. The number of nitrogens with zero attached hydrogens (tertiary/aromatic N) is 1. The Morgan fingerprint density at radius 3 is 2.60 bits per heavy atom. The molecule has 0 spiro atoms. The second-order valence-corrected chi connectivity index (χ2v) is 4.54.